The zero-order valence-corrected chi connectivity index (χ0v) is 15.0. The number of carbonyl (C=O) groups is 1. The Hall–Kier alpha value is -3.27. The molecule has 0 radical (unpaired) electrons. The number of imidazole rings is 1. The summed E-state index contributed by atoms with van der Waals surface area (Å²) in [4.78, 5) is 20.3. The van der Waals surface area contributed by atoms with Crippen molar-refractivity contribution in [2.45, 2.75) is 19.3 Å². The van der Waals surface area contributed by atoms with Gasteiger partial charge < -0.3 is 15.5 Å². The van der Waals surface area contributed by atoms with Crippen molar-refractivity contribution in [3.63, 3.8) is 0 Å². The molecule has 2 aromatic heterocycles. The number of nitrogens with two attached hydrogens (primary N) is 1. The molecule has 136 valence electrons. The van der Waals surface area contributed by atoms with E-state index in [0.29, 0.717) is 18.7 Å². The lowest BCUT2D eigenvalue weighted by atomic mass is 10.0. The zero-order valence-electron chi connectivity index (χ0n) is 15.0. The second kappa shape index (κ2) is 5.88. The third-order valence-corrected chi connectivity index (χ3v) is 5.79. The number of hydrogen-bond acceptors (Lipinski definition) is 4. The fraction of sp³-hybridized carbons (Fsp3) is 0.350. The summed E-state index contributed by atoms with van der Waals surface area (Å²) in [7, 11) is 0. The summed E-state index contributed by atoms with van der Waals surface area (Å²) in [5.74, 6) is 1.13. The summed E-state index contributed by atoms with van der Waals surface area (Å²) < 4.78 is 2.15. The summed E-state index contributed by atoms with van der Waals surface area (Å²) in [5, 5.41) is 9.85. The molecule has 2 amide bonds. The van der Waals surface area contributed by atoms with Gasteiger partial charge in [-0.05, 0) is 42.5 Å². The summed E-state index contributed by atoms with van der Waals surface area (Å²) >= 11 is 0. The molecule has 1 saturated heterocycles. The minimum Gasteiger partial charge on any atom is -0.354 e. The van der Waals surface area contributed by atoms with Crippen LogP contribution in [0.25, 0.3) is 16.7 Å². The van der Waals surface area contributed by atoms with Gasteiger partial charge in [0.1, 0.15) is 11.9 Å². The molecule has 0 unspecified atom stereocenters. The van der Waals surface area contributed by atoms with Gasteiger partial charge in [-0.15, -0.1) is 0 Å². The van der Waals surface area contributed by atoms with Gasteiger partial charge in [-0.3, -0.25) is 4.40 Å². The minimum atomic E-state index is -0.363. The van der Waals surface area contributed by atoms with Crippen molar-refractivity contribution in [1.82, 2.24) is 14.3 Å². The van der Waals surface area contributed by atoms with Crippen LogP contribution in [0.5, 0.6) is 0 Å². The number of rotatable bonds is 1. The Balaban J connectivity index is 1.76. The fourth-order valence-corrected chi connectivity index (χ4v) is 4.53. The topological polar surface area (TPSA) is 90.7 Å². The van der Waals surface area contributed by atoms with Crippen molar-refractivity contribution in [2.75, 3.05) is 31.1 Å². The first-order valence-electron chi connectivity index (χ1n) is 9.33. The van der Waals surface area contributed by atoms with Gasteiger partial charge in [-0.25, -0.2) is 9.78 Å². The molecule has 7 nitrogen and oxygen atoms in total. The number of hydrogen-bond donors (Lipinski definition) is 1. The number of nitriles is 1. The molecule has 3 aromatic rings. The van der Waals surface area contributed by atoms with Crippen LogP contribution >= 0.6 is 0 Å². The lowest BCUT2D eigenvalue weighted by molar-refractivity contribution is 0.204. The van der Waals surface area contributed by atoms with Crippen molar-refractivity contribution in [1.29, 1.82) is 5.26 Å². The van der Waals surface area contributed by atoms with E-state index in [4.69, 9.17) is 10.7 Å². The number of carbonyl (C=O) groups excluding carboxylic acids is 1. The van der Waals surface area contributed by atoms with E-state index in [-0.39, 0.29) is 6.03 Å². The highest BCUT2D eigenvalue weighted by Crippen LogP contribution is 2.38. The van der Waals surface area contributed by atoms with Crippen LogP contribution in [0.4, 0.5) is 10.6 Å². The van der Waals surface area contributed by atoms with Crippen LogP contribution in [0, 0.1) is 11.3 Å². The van der Waals surface area contributed by atoms with Crippen LogP contribution in [0.2, 0.25) is 0 Å². The molecule has 27 heavy (non-hydrogen) atoms. The van der Waals surface area contributed by atoms with Crippen LogP contribution in [0.1, 0.15) is 23.1 Å². The monoisotopic (exact) mass is 360 g/mol. The van der Waals surface area contributed by atoms with Crippen molar-refractivity contribution >= 4 is 28.5 Å². The number of piperazine rings is 1. The molecule has 0 atom stereocenters. The number of aromatic nitrogens is 2. The maximum atomic E-state index is 11.5. The first-order valence-corrected chi connectivity index (χ1v) is 9.33. The van der Waals surface area contributed by atoms with Crippen LogP contribution in [0.3, 0.4) is 0 Å². The summed E-state index contributed by atoms with van der Waals surface area (Å²) in [6, 6.07) is 10.1. The molecule has 5 rings (SSSR count). The van der Waals surface area contributed by atoms with E-state index in [1.807, 2.05) is 18.2 Å². The average Bonchev–Trinajstić information content (AvgIpc) is 3.31. The van der Waals surface area contributed by atoms with Gasteiger partial charge in [-0.2, -0.15) is 5.26 Å². The lowest BCUT2D eigenvalue weighted by Crippen LogP contribution is -2.51. The molecule has 1 aliphatic carbocycles. The average molecular weight is 360 g/mol. The molecule has 3 heterocycles. The Morgan fingerprint density at radius 2 is 1.85 bits per heavy atom. The fourth-order valence-electron chi connectivity index (χ4n) is 4.53. The van der Waals surface area contributed by atoms with E-state index < -0.39 is 0 Å². The highest BCUT2D eigenvalue weighted by Gasteiger charge is 2.30. The van der Waals surface area contributed by atoms with Gasteiger partial charge in [0.2, 0.25) is 0 Å². The standard InChI is InChI=1S/C20H20N6O/c21-12-15-13-4-3-5-14(13)19(24-8-10-25(11-9-24)20(22)27)26-17-7-2-1-6-16(17)23-18(15)26/h1-2,6-7H,3-5,8-11H2,(H2,22,27). The van der Waals surface area contributed by atoms with Crippen molar-refractivity contribution in [2.24, 2.45) is 5.73 Å². The molecule has 1 aromatic carbocycles. The number of urea groups is 1. The number of nitrogens with zero attached hydrogens (tertiary/aromatic N) is 5. The Morgan fingerprint density at radius 1 is 1.11 bits per heavy atom. The highest BCUT2D eigenvalue weighted by molar-refractivity contribution is 5.86. The third kappa shape index (κ3) is 2.26. The number of amides is 2. The number of pyridine rings is 1. The number of para-hydroxylation sites is 2. The molecule has 1 aliphatic heterocycles. The molecule has 1 fully saturated rings. The van der Waals surface area contributed by atoms with E-state index >= 15 is 0 Å². The molecular weight excluding hydrogens is 340 g/mol. The number of primary amides is 1. The summed E-state index contributed by atoms with van der Waals surface area (Å²) in [5.41, 5.74) is 11.2. The van der Waals surface area contributed by atoms with Gasteiger partial charge in [0, 0.05) is 26.2 Å². The van der Waals surface area contributed by atoms with Gasteiger partial charge in [-0.1, -0.05) is 12.1 Å². The minimum absolute atomic E-state index is 0.363. The molecule has 7 heteroatoms. The first-order chi connectivity index (χ1) is 13.2. The van der Waals surface area contributed by atoms with Crippen LogP contribution in [-0.4, -0.2) is 46.5 Å². The van der Waals surface area contributed by atoms with Crippen LogP contribution in [-0.2, 0) is 12.8 Å². The second-order valence-corrected chi connectivity index (χ2v) is 7.19. The normalized spacial score (nSPS) is 16.7. The zero-order chi connectivity index (χ0) is 18.5. The maximum absolute atomic E-state index is 11.5. The maximum Gasteiger partial charge on any atom is 0.314 e. The molecule has 2 N–H and O–H groups in total. The quantitative estimate of drug-likeness (QED) is 0.719. The Morgan fingerprint density at radius 3 is 2.59 bits per heavy atom. The van der Waals surface area contributed by atoms with E-state index in [9.17, 15) is 10.1 Å². The number of anilines is 1. The van der Waals surface area contributed by atoms with E-state index in [1.165, 1.54) is 5.56 Å². The van der Waals surface area contributed by atoms with Crippen molar-refractivity contribution < 1.29 is 4.79 Å². The molecular formula is C20H20N6O. The van der Waals surface area contributed by atoms with E-state index in [2.05, 4.69) is 21.4 Å². The lowest BCUT2D eigenvalue weighted by Gasteiger charge is -2.36. The van der Waals surface area contributed by atoms with Crippen LogP contribution in [0.15, 0.2) is 24.3 Å². The number of fused-ring (bicyclic) bond motifs is 4. The Kier molecular flexibility index (Phi) is 3.47. The van der Waals surface area contributed by atoms with Gasteiger partial charge in [0.25, 0.3) is 0 Å². The Bertz CT molecular complexity index is 1120. The van der Waals surface area contributed by atoms with Gasteiger partial charge >= 0.3 is 6.03 Å². The largest absolute Gasteiger partial charge is 0.354 e. The predicted molar refractivity (Wildman–Crippen MR) is 103 cm³/mol. The van der Waals surface area contributed by atoms with Gasteiger partial charge in [0.05, 0.1) is 16.6 Å². The van der Waals surface area contributed by atoms with E-state index in [0.717, 1.165) is 60.4 Å². The molecule has 2 aliphatic rings. The SMILES string of the molecule is N#Cc1c2c(c(N3CCN(C(N)=O)CC3)n3c1nc1ccccc13)CCC2. The molecule has 0 bridgehead atoms. The van der Waals surface area contributed by atoms with Crippen molar-refractivity contribution in [3.8, 4) is 6.07 Å². The van der Waals surface area contributed by atoms with Crippen LogP contribution < -0.4 is 10.6 Å². The third-order valence-electron chi connectivity index (χ3n) is 5.79. The smallest absolute Gasteiger partial charge is 0.314 e. The van der Waals surface area contributed by atoms with Crippen molar-refractivity contribution in [3.05, 3.63) is 41.0 Å². The number of benzene rings is 1. The highest BCUT2D eigenvalue weighted by atomic mass is 16.2. The van der Waals surface area contributed by atoms with Gasteiger partial charge in [0.15, 0.2) is 5.65 Å². The predicted octanol–water partition coefficient (Wildman–Crippen LogP) is 2.05. The molecule has 0 spiro atoms. The van der Waals surface area contributed by atoms with E-state index in [1.54, 1.807) is 4.90 Å². The summed E-state index contributed by atoms with van der Waals surface area (Å²) in [6.07, 6.45) is 2.95. The Labute approximate surface area is 156 Å². The second-order valence-electron chi connectivity index (χ2n) is 7.19. The molecule has 0 saturated carbocycles. The first kappa shape index (κ1) is 15.9. The summed E-state index contributed by atoms with van der Waals surface area (Å²) in [6.45, 7) is 2.67.